The SMILES string of the molecule is CCCCOc1ccc(C(=O)Nc2c(-c3cccc(F)c3F)nc3cc(C)ccn23)cc1. The number of nitrogens with one attached hydrogen (secondary N) is 1. The molecule has 0 aliphatic rings. The molecule has 0 aliphatic heterocycles. The number of fused-ring (bicyclic) bond motifs is 1. The molecule has 2 heterocycles. The van der Waals surface area contributed by atoms with Crippen LogP contribution in [0.2, 0.25) is 0 Å². The van der Waals surface area contributed by atoms with Crippen molar-refractivity contribution in [2.45, 2.75) is 26.7 Å². The molecule has 0 saturated heterocycles. The highest BCUT2D eigenvalue weighted by molar-refractivity contribution is 6.05. The number of nitrogens with zero attached hydrogens (tertiary/aromatic N) is 2. The first-order valence-electron chi connectivity index (χ1n) is 10.4. The van der Waals surface area contributed by atoms with Crippen LogP contribution in [0, 0.1) is 18.6 Å². The number of carbonyl (C=O) groups excluding carboxylic acids is 1. The number of amides is 1. The number of aromatic nitrogens is 2. The third kappa shape index (κ3) is 4.32. The average molecular weight is 435 g/mol. The van der Waals surface area contributed by atoms with Crippen LogP contribution in [0.15, 0.2) is 60.8 Å². The van der Waals surface area contributed by atoms with Crippen LogP contribution in [-0.2, 0) is 0 Å². The maximum atomic E-state index is 14.6. The lowest BCUT2D eigenvalue weighted by Gasteiger charge is -2.10. The Kier molecular flexibility index (Phi) is 6.16. The fourth-order valence-electron chi connectivity index (χ4n) is 3.36. The Hall–Kier alpha value is -3.74. The Morgan fingerprint density at radius 2 is 1.91 bits per heavy atom. The Balaban J connectivity index is 1.69. The van der Waals surface area contributed by atoms with E-state index in [1.807, 2.05) is 13.0 Å². The molecule has 164 valence electrons. The molecule has 2 aromatic carbocycles. The van der Waals surface area contributed by atoms with E-state index in [2.05, 4.69) is 17.2 Å². The number of ether oxygens (including phenoxy) is 1. The van der Waals surface area contributed by atoms with Crippen molar-refractivity contribution in [3.05, 3.63) is 83.6 Å². The number of unbranched alkanes of at least 4 members (excludes halogenated alkanes) is 1. The first-order valence-corrected chi connectivity index (χ1v) is 10.4. The zero-order valence-corrected chi connectivity index (χ0v) is 17.9. The predicted molar refractivity (Wildman–Crippen MR) is 120 cm³/mol. The van der Waals surface area contributed by atoms with Gasteiger partial charge in [-0.05, 0) is 67.4 Å². The molecule has 0 bridgehead atoms. The molecular weight excluding hydrogens is 412 g/mol. The standard InChI is InChI=1S/C25H23F2N3O2/c1-3-4-14-32-18-10-8-17(9-11-18)25(31)29-24-23(19-6-5-7-20(26)22(19)27)28-21-15-16(2)12-13-30(21)24/h5-13,15H,3-4,14H2,1-2H3,(H,29,31). The lowest BCUT2D eigenvalue weighted by molar-refractivity contribution is 0.102. The number of aryl methyl sites for hydroxylation is 1. The molecule has 5 nitrogen and oxygen atoms in total. The summed E-state index contributed by atoms with van der Waals surface area (Å²) in [6, 6.07) is 14.3. The number of carbonyl (C=O) groups is 1. The smallest absolute Gasteiger partial charge is 0.256 e. The summed E-state index contributed by atoms with van der Waals surface area (Å²) in [6.45, 7) is 4.60. The van der Waals surface area contributed by atoms with Crippen LogP contribution in [0.4, 0.5) is 14.6 Å². The topological polar surface area (TPSA) is 55.6 Å². The maximum absolute atomic E-state index is 14.6. The summed E-state index contributed by atoms with van der Waals surface area (Å²) in [4.78, 5) is 17.4. The van der Waals surface area contributed by atoms with Crippen LogP contribution in [0.3, 0.4) is 0 Å². The minimum Gasteiger partial charge on any atom is -0.494 e. The summed E-state index contributed by atoms with van der Waals surface area (Å²) in [5.41, 5.74) is 1.99. The van der Waals surface area contributed by atoms with Crippen LogP contribution in [0.5, 0.6) is 5.75 Å². The third-order valence-corrected chi connectivity index (χ3v) is 5.10. The Labute approximate surface area is 184 Å². The zero-order chi connectivity index (χ0) is 22.7. The Morgan fingerprint density at radius 1 is 1.12 bits per heavy atom. The van der Waals surface area contributed by atoms with Gasteiger partial charge in [-0.1, -0.05) is 19.4 Å². The van der Waals surface area contributed by atoms with Gasteiger partial charge in [0.25, 0.3) is 5.91 Å². The van der Waals surface area contributed by atoms with E-state index in [4.69, 9.17) is 4.74 Å². The van der Waals surface area contributed by atoms with Gasteiger partial charge in [0.1, 0.15) is 22.9 Å². The monoisotopic (exact) mass is 435 g/mol. The van der Waals surface area contributed by atoms with Gasteiger partial charge in [0, 0.05) is 17.3 Å². The molecule has 32 heavy (non-hydrogen) atoms. The van der Waals surface area contributed by atoms with Crippen molar-refractivity contribution in [3.8, 4) is 17.0 Å². The summed E-state index contributed by atoms with van der Waals surface area (Å²) in [5.74, 6) is -1.45. The first kappa shape index (κ1) is 21.5. The molecule has 0 saturated carbocycles. The second kappa shape index (κ2) is 9.18. The van der Waals surface area contributed by atoms with Crippen molar-refractivity contribution in [3.63, 3.8) is 0 Å². The van der Waals surface area contributed by atoms with Gasteiger partial charge < -0.3 is 10.1 Å². The van der Waals surface area contributed by atoms with Crippen molar-refractivity contribution in [1.29, 1.82) is 0 Å². The molecule has 0 radical (unpaired) electrons. The Morgan fingerprint density at radius 3 is 2.66 bits per heavy atom. The second-order valence-electron chi connectivity index (χ2n) is 7.52. The number of imidazole rings is 1. The lowest BCUT2D eigenvalue weighted by Crippen LogP contribution is -2.14. The van der Waals surface area contributed by atoms with Gasteiger partial charge in [-0.25, -0.2) is 13.8 Å². The zero-order valence-electron chi connectivity index (χ0n) is 17.9. The molecule has 1 amide bonds. The number of pyridine rings is 1. The molecule has 1 N–H and O–H groups in total. The summed E-state index contributed by atoms with van der Waals surface area (Å²) in [7, 11) is 0. The predicted octanol–water partition coefficient (Wildman–Crippen LogP) is 6.02. The largest absolute Gasteiger partial charge is 0.494 e. The minimum absolute atomic E-state index is 0.0266. The number of anilines is 1. The molecule has 0 spiro atoms. The van der Waals surface area contributed by atoms with Gasteiger partial charge >= 0.3 is 0 Å². The third-order valence-electron chi connectivity index (χ3n) is 5.10. The number of hydrogen-bond acceptors (Lipinski definition) is 3. The van der Waals surface area contributed by atoms with Gasteiger partial charge in [0.05, 0.1) is 6.61 Å². The normalized spacial score (nSPS) is 11.0. The summed E-state index contributed by atoms with van der Waals surface area (Å²) >= 11 is 0. The van der Waals surface area contributed by atoms with Gasteiger partial charge in [-0.3, -0.25) is 9.20 Å². The highest BCUT2D eigenvalue weighted by Gasteiger charge is 2.21. The molecule has 0 unspecified atom stereocenters. The van der Waals surface area contributed by atoms with Crippen LogP contribution >= 0.6 is 0 Å². The number of benzene rings is 2. The first-order chi connectivity index (χ1) is 15.5. The van der Waals surface area contributed by atoms with Crippen LogP contribution < -0.4 is 10.1 Å². The average Bonchev–Trinajstić information content (AvgIpc) is 3.13. The van der Waals surface area contributed by atoms with E-state index >= 15 is 0 Å². The van der Waals surface area contributed by atoms with Gasteiger partial charge in [-0.2, -0.15) is 0 Å². The fraction of sp³-hybridized carbons (Fsp3) is 0.200. The van der Waals surface area contributed by atoms with E-state index < -0.39 is 17.5 Å². The molecule has 4 rings (SSSR count). The molecule has 0 fully saturated rings. The molecule has 0 atom stereocenters. The van der Waals surface area contributed by atoms with E-state index in [0.29, 0.717) is 23.6 Å². The van der Waals surface area contributed by atoms with Crippen LogP contribution in [0.1, 0.15) is 35.7 Å². The van der Waals surface area contributed by atoms with Crippen molar-refractivity contribution >= 4 is 17.4 Å². The van der Waals surface area contributed by atoms with E-state index in [9.17, 15) is 13.6 Å². The molecule has 7 heteroatoms. The minimum atomic E-state index is -1.02. The van der Waals surface area contributed by atoms with Crippen molar-refractivity contribution < 1.29 is 18.3 Å². The highest BCUT2D eigenvalue weighted by atomic mass is 19.2. The van der Waals surface area contributed by atoms with Crippen molar-refractivity contribution in [2.75, 3.05) is 11.9 Å². The lowest BCUT2D eigenvalue weighted by atomic mass is 10.1. The highest BCUT2D eigenvalue weighted by Crippen LogP contribution is 2.32. The van der Waals surface area contributed by atoms with Gasteiger partial charge in [-0.15, -0.1) is 0 Å². The molecule has 4 aromatic rings. The van der Waals surface area contributed by atoms with E-state index in [1.54, 1.807) is 40.9 Å². The van der Waals surface area contributed by atoms with Crippen LogP contribution in [0.25, 0.3) is 16.9 Å². The number of rotatable bonds is 7. The molecule has 2 aromatic heterocycles. The molecule has 0 aliphatic carbocycles. The van der Waals surface area contributed by atoms with E-state index in [0.717, 1.165) is 24.5 Å². The summed E-state index contributed by atoms with van der Waals surface area (Å²) in [6.07, 6.45) is 3.72. The van der Waals surface area contributed by atoms with Crippen LogP contribution in [-0.4, -0.2) is 21.9 Å². The Bertz CT molecular complexity index is 1270. The number of hydrogen-bond donors (Lipinski definition) is 1. The van der Waals surface area contributed by atoms with Crippen molar-refractivity contribution in [1.82, 2.24) is 9.38 Å². The quantitative estimate of drug-likeness (QED) is 0.361. The van der Waals surface area contributed by atoms with E-state index in [1.165, 1.54) is 12.1 Å². The number of halogens is 2. The molecular formula is C25H23F2N3O2. The van der Waals surface area contributed by atoms with Gasteiger partial charge in [0.15, 0.2) is 11.6 Å². The van der Waals surface area contributed by atoms with Crippen molar-refractivity contribution in [2.24, 2.45) is 0 Å². The van der Waals surface area contributed by atoms with E-state index in [-0.39, 0.29) is 17.1 Å². The fourth-order valence-corrected chi connectivity index (χ4v) is 3.36. The summed E-state index contributed by atoms with van der Waals surface area (Å²) in [5, 5.41) is 2.82. The van der Waals surface area contributed by atoms with Gasteiger partial charge in [0.2, 0.25) is 0 Å². The summed E-state index contributed by atoms with van der Waals surface area (Å²) < 4.78 is 35.7. The maximum Gasteiger partial charge on any atom is 0.256 e. The second-order valence-corrected chi connectivity index (χ2v) is 7.52.